The third kappa shape index (κ3) is 4.08. The van der Waals surface area contributed by atoms with E-state index in [1.54, 1.807) is 24.3 Å². The topological polar surface area (TPSA) is 56.1 Å². The number of likely N-dealkylation sites (tertiary alicyclic amines) is 1. The number of rotatable bonds is 3. The molecule has 100 valence electrons. The van der Waals surface area contributed by atoms with E-state index in [-0.39, 0.29) is 5.91 Å². The molecule has 0 spiro atoms. The lowest BCUT2D eigenvalue weighted by Crippen LogP contribution is -2.31. The van der Waals surface area contributed by atoms with Crippen LogP contribution in [0.1, 0.15) is 24.8 Å². The maximum Gasteiger partial charge on any atom is 0.224 e. The van der Waals surface area contributed by atoms with E-state index < -0.39 is 0 Å². The Labute approximate surface area is 114 Å². The van der Waals surface area contributed by atoms with Crippen LogP contribution in [0, 0.1) is 17.2 Å². The maximum absolute atomic E-state index is 11.9. The molecule has 1 aromatic rings. The average Bonchev–Trinajstić information content (AvgIpc) is 2.42. The van der Waals surface area contributed by atoms with E-state index in [4.69, 9.17) is 5.26 Å². The van der Waals surface area contributed by atoms with Gasteiger partial charge in [-0.15, -0.1) is 0 Å². The van der Waals surface area contributed by atoms with Crippen LogP contribution in [-0.2, 0) is 4.79 Å². The zero-order valence-electron chi connectivity index (χ0n) is 11.2. The van der Waals surface area contributed by atoms with E-state index >= 15 is 0 Å². The summed E-state index contributed by atoms with van der Waals surface area (Å²) in [5, 5.41) is 11.6. The summed E-state index contributed by atoms with van der Waals surface area (Å²) in [7, 11) is 2.12. The number of hydrogen-bond donors (Lipinski definition) is 1. The quantitative estimate of drug-likeness (QED) is 0.903. The van der Waals surface area contributed by atoms with Crippen LogP contribution in [0.15, 0.2) is 24.3 Å². The van der Waals surface area contributed by atoms with Gasteiger partial charge in [0.1, 0.15) is 0 Å². The standard InChI is InChI=1S/C15H19N3O/c1-18-8-6-12(7-9-18)10-15(19)17-14-4-2-13(11-16)3-5-14/h2-5,12H,6-10H2,1H3,(H,17,19). The van der Waals surface area contributed by atoms with Gasteiger partial charge in [0.25, 0.3) is 0 Å². The number of benzene rings is 1. The number of piperidine rings is 1. The van der Waals surface area contributed by atoms with E-state index in [0.29, 0.717) is 17.9 Å². The first-order valence-corrected chi connectivity index (χ1v) is 6.66. The first kappa shape index (κ1) is 13.6. The van der Waals surface area contributed by atoms with E-state index in [1.807, 2.05) is 0 Å². The molecule has 4 heteroatoms. The first-order valence-electron chi connectivity index (χ1n) is 6.66. The van der Waals surface area contributed by atoms with Gasteiger partial charge in [-0.2, -0.15) is 5.26 Å². The van der Waals surface area contributed by atoms with Crippen LogP contribution in [0.3, 0.4) is 0 Å². The molecule has 0 atom stereocenters. The van der Waals surface area contributed by atoms with Gasteiger partial charge in [-0.25, -0.2) is 0 Å². The first-order chi connectivity index (χ1) is 9.17. The number of nitrogens with one attached hydrogen (secondary N) is 1. The summed E-state index contributed by atoms with van der Waals surface area (Å²) in [5.41, 5.74) is 1.37. The van der Waals surface area contributed by atoms with Crippen molar-refractivity contribution in [3.05, 3.63) is 29.8 Å². The average molecular weight is 257 g/mol. The van der Waals surface area contributed by atoms with Crippen molar-refractivity contribution in [1.82, 2.24) is 4.90 Å². The van der Waals surface area contributed by atoms with Crippen LogP contribution in [0.4, 0.5) is 5.69 Å². The summed E-state index contributed by atoms with van der Waals surface area (Å²) < 4.78 is 0. The predicted octanol–water partition coefficient (Wildman–Crippen LogP) is 2.23. The molecule has 1 amide bonds. The molecule has 1 heterocycles. The van der Waals surface area contributed by atoms with Gasteiger partial charge in [0.2, 0.25) is 5.91 Å². The molecule has 0 aromatic heterocycles. The third-order valence-electron chi connectivity index (χ3n) is 3.61. The number of anilines is 1. The molecule has 0 bridgehead atoms. The highest BCUT2D eigenvalue weighted by Crippen LogP contribution is 2.20. The van der Waals surface area contributed by atoms with Gasteiger partial charge >= 0.3 is 0 Å². The summed E-state index contributed by atoms with van der Waals surface area (Å²) in [4.78, 5) is 14.2. The van der Waals surface area contributed by atoms with Gasteiger partial charge < -0.3 is 10.2 Å². The molecular formula is C15H19N3O. The Balaban J connectivity index is 1.82. The fraction of sp³-hybridized carbons (Fsp3) is 0.467. The molecule has 0 aliphatic carbocycles. The predicted molar refractivity (Wildman–Crippen MR) is 74.6 cm³/mol. The van der Waals surface area contributed by atoms with E-state index in [0.717, 1.165) is 31.6 Å². The maximum atomic E-state index is 11.9. The van der Waals surface area contributed by atoms with Gasteiger partial charge in [0.05, 0.1) is 11.6 Å². The summed E-state index contributed by atoms with van der Waals surface area (Å²) in [5.74, 6) is 0.564. The number of carbonyl (C=O) groups excluding carboxylic acids is 1. The van der Waals surface area contributed by atoms with Gasteiger partial charge in [0.15, 0.2) is 0 Å². The summed E-state index contributed by atoms with van der Waals surface area (Å²) in [6, 6.07) is 9.02. The van der Waals surface area contributed by atoms with Gasteiger partial charge in [-0.05, 0) is 63.2 Å². The fourth-order valence-electron chi connectivity index (χ4n) is 2.37. The lowest BCUT2D eigenvalue weighted by atomic mass is 9.93. The highest BCUT2D eigenvalue weighted by molar-refractivity contribution is 5.90. The molecular weight excluding hydrogens is 238 g/mol. The zero-order valence-corrected chi connectivity index (χ0v) is 11.2. The Hall–Kier alpha value is -1.86. The highest BCUT2D eigenvalue weighted by Gasteiger charge is 2.19. The minimum absolute atomic E-state index is 0.0688. The Morgan fingerprint density at radius 1 is 1.37 bits per heavy atom. The lowest BCUT2D eigenvalue weighted by molar-refractivity contribution is -0.117. The molecule has 2 rings (SSSR count). The van der Waals surface area contributed by atoms with Crippen molar-refractivity contribution in [2.45, 2.75) is 19.3 Å². The second-order valence-electron chi connectivity index (χ2n) is 5.19. The Morgan fingerprint density at radius 3 is 2.58 bits per heavy atom. The molecule has 1 fully saturated rings. The van der Waals surface area contributed by atoms with Crippen molar-refractivity contribution in [1.29, 1.82) is 5.26 Å². The molecule has 4 nitrogen and oxygen atoms in total. The van der Waals surface area contributed by atoms with Crippen molar-refractivity contribution in [2.24, 2.45) is 5.92 Å². The summed E-state index contributed by atoms with van der Waals surface area (Å²) in [6.07, 6.45) is 2.78. The molecule has 1 saturated heterocycles. The van der Waals surface area contributed by atoms with Crippen LogP contribution in [0.5, 0.6) is 0 Å². The van der Waals surface area contributed by atoms with Crippen molar-refractivity contribution < 1.29 is 4.79 Å². The molecule has 0 unspecified atom stereocenters. The number of hydrogen-bond acceptors (Lipinski definition) is 3. The Kier molecular flexibility index (Phi) is 4.53. The SMILES string of the molecule is CN1CCC(CC(=O)Nc2ccc(C#N)cc2)CC1. The molecule has 1 aliphatic rings. The lowest BCUT2D eigenvalue weighted by Gasteiger charge is -2.28. The molecule has 19 heavy (non-hydrogen) atoms. The van der Waals surface area contributed by atoms with Gasteiger partial charge in [0, 0.05) is 12.1 Å². The monoisotopic (exact) mass is 257 g/mol. The number of carbonyl (C=O) groups is 1. The van der Waals surface area contributed by atoms with Crippen molar-refractivity contribution in [3.63, 3.8) is 0 Å². The van der Waals surface area contributed by atoms with Crippen molar-refractivity contribution >= 4 is 11.6 Å². The highest BCUT2D eigenvalue weighted by atomic mass is 16.1. The van der Waals surface area contributed by atoms with Crippen LogP contribution in [0.2, 0.25) is 0 Å². The Bertz CT molecular complexity index is 467. The molecule has 1 aliphatic heterocycles. The smallest absolute Gasteiger partial charge is 0.224 e. The number of nitrogens with zero attached hydrogens (tertiary/aromatic N) is 2. The molecule has 0 radical (unpaired) electrons. The van der Waals surface area contributed by atoms with E-state index in [2.05, 4.69) is 23.3 Å². The number of amides is 1. The minimum atomic E-state index is 0.0688. The van der Waals surface area contributed by atoms with E-state index in [1.165, 1.54) is 0 Å². The van der Waals surface area contributed by atoms with Crippen LogP contribution >= 0.6 is 0 Å². The molecule has 0 saturated carbocycles. The summed E-state index contributed by atoms with van der Waals surface area (Å²) >= 11 is 0. The zero-order chi connectivity index (χ0) is 13.7. The largest absolute Gasteiger partial charge is 0.326 e. The Morgan fingerprint density at radius 2 is 2.00 bits per heavy atom. The third-order valence-corrected chi connectivity index (χ3v) is 3.61. The van der Waals surface area contributed by atoms with Crippen molar-refractivity contribution in [2.75, 3.05) is 25.5 Å². The van der Waals surface area contributed by atoms with Crippen LogP contribution < -0.4 is 5.32 Å². The van der Waals surface area contributed by atoms with Crippen LogP contribution in [0.25, 0.3) is 0 Å². The van der Waals surface area contributed by atoms with E-state index in [9.17, 15) is 4.79 Å². The normalized spacial score (nSPS) is 16.8. The van der Waals surface area contributed by atoms with Crippen LogP contribution in [-0.4, -0.2) is 30.9 Å². The molecule has 1 N–H and O–H groups in total. The van der Waals surface area contributed by atoms with Crippen molar-refractivity contribution in [3.8, 4) is 6.07 Å². The van der Waals surface area contributed by atoms with Gasteiger partial charge in [-0.3, -0.25) is 4.79 Å². The fourth-order valence-corrected chi connectivity index (χ4v) is 2.37. The second kappa shape index (κ2) is 6.35. The number of nitriles is 1. The summed E-state index contributed by atoms with van der Waals surface area (Å²) in [6.45, 7) is 2.16. The minimum Gasteiger partial charge on any atom is -0.326 e. The molecule has 1 aromatic carbocycles. The van der Waals surface area contributed by atoms with Gasteiger partial charge in [-0.1, -0.05) is 0 Å². The second-order valence-corrected chi connectivity index (χ2v) is 5.19.